The Morgan fingerprint density at radius 2 is 1.45 bits per heavy atom. The Morgan fingerprint density at radius 3 is 2.05 bits per heavy atom. The molecular formula is C22H43N5O13. The summed E-state index contributed by atoms with van der Waals surface area (Å²) in [6.07, 6.45) is -19.8. The molecule has 1 saturated carbocycles. The Hall–Kier alpha value is -1.17. The molecule has 3 rings (SSSR count). The largest absolute Gasteiger partial charge is 0.394 e. The van der Waals surface area contributed by atoms with Crippen LogP contribution in [0.3, 0.4) is 0 Å². The van der Waals surface area contributed by atoms with Gasteiger partial charge in [-0.05, 0) is 19.4 Å². The third-order valence-corrected chi connectivity index (χ3v) is 7.51. The van der Waals surface area contributed by atoms with Crippen molar-refractivity contribution in [2.24, 2.45) is 22.9 Å². The molecule has 40 heavy (non-hydrogen) atoms. The van der Waals surface area contributed by atoms with E-state index in [-0.39, 0.29) is 25.9 Å². The van der Waals surface area contributed by atoms with Crippen molar-refractivity contribution in [1.29, 1.82) is 0 Å². The maximum Gasteiger partial charge on any atom is 0.249 e. The fourth-order valence-electron chi connectivity index (χ4n) is 5.07. The Balaban J connectivity index is 1.85. The molecule has 1 aliphatic carbocycles. The Morgan fingerprint density at radius 1 is 0.850 bits per heavy atom. The third-order valence-electron chi connectivity index (χ3n) is 7.51. The second-order valence-corrected chi connectivity index (χ2v) is 10.3. The molecule has 3 fully saturated rings. The van der Waals surface area contributed by atoms with Gasteiger partial charge in [0.15, 0.2) is 12.6 Å². The average Bonchev–Trinajstić information content (AvgIpc) is 2.92. The molecule has 16 atom stereocenters. The number of nitrogens with one attached hydrogen (secondary N) is 1. The first kappa shape index (κ1) is 33.3. The van der Waals surface area contributed by atoms with Gasteiger partial charge in [-0.15, -0.1) is 0 Å². The maximum absolute atomic E-state index is 12.6. The van der Waals surface area contributed by atoms with Crippen LogP contribution < -0.4 is 28.3 Å². The molecule has 2 aliphatic heterocycles. The van der Waals surface area contributed by atoms with Crippen molar-refractivity contribution in [1.82, 2.24) is 5.32 Å². The molecule has 1 amide bonds. The molecule has 2 heterocycles. The minimum absolute atomic E-state index is 0.0101. The lowest BCUT2D eigenvalue weighted by atomic mass is 9.83. The first-order valence-electron chi connectivity index (χ1n) is 13.1. The number of rotatable bonds is 10. The molecule has 18 heteroatoms. The number of hydrogen-bond acceptors (Lipinski definition) is 17. The zero-order chi connectivity index (χ0) is 29.9. The number of carbonyl (C=O) groups excluding carboxylic acids is 1. The molecule has 0 unspecified atom stereocenters. The number of amides is 1. The summed E-state index contributed by atoms with van der Waals surface area (Å²) in [7, 11) is 0. The molecule has 2 saturated heterocycles. The lowest BCUT2D eigenvalue weighted by Gasteiger charge is -2.49. The summed E-state index contributed by atoms with van der Waals surface area (Å²) in [6.45, 7) is -0.898. The van der Waals surface area contributed by atoms with Gasteiger partial charge in [-0.1, -0.05) is 0 Å². The van der Waals surface area contributed by atoms with E-state index >= 15 is 0 Å². The van der Waals surface area contributed by atoms with E-state index in [0.29, 0.717) is 0 Å². The molecule has 0 aromatic rings. The molecule has 3 aliphatic rings. The van der Waals surface area contributed by atoms with Crippen LogP contribution in [-0.4, -0.2) is 164 Å². The predicted octanol–water partition coefficient (Wildman–Crippen LogP) is -8.42. The van der Waals surface area contributed by atoms with Gasteiger partial charge in [0, 0.05) is 12.6 Å². The molecule has 0 bridgehead atoms. The van der Waals surface area contributed by atoms with Crippen molar-refractivity contribution in [3.05, 3.63) is 0 Å². The summed E-state index contributed by atoms with van der Waals surface area (Å²) in [5, 5.41) is 84.9. The summed E-state index contributed by atoms with van der Waals surface area (Å²) in [5.41, 5.74) is 23.1. The SMILES string of the molecule is NCC[C@H](O)C(=O)N[C@@H]1C[C@H](N)[C@@H](O[C@H]2O[C@@H](CN)[C@@H](O)[C@@H](O)[C@H]2O)[C@H](O)[C@@H]1O[C@H]1O[C@@H](CO)[C@@H](O)[C@@H](N)[C@H]1O. The van der Waals surface area contributed by atoms with E-state index in [1.807, 2.05) is 0 Å². The second kappa shape index (κ2) is 14.3. The average molecular weight is 586 g/mol. The summed E-state index contributed by atoms with van der Waals surface area (Å²) >= 11 is 0. The van der Waals surface area contributed by atoms with Crippen LogP contribution in [0.1, 0.15) is 12.8 Å². The van der Waals surface area contributed by atoms with Crippen LogP contribution in [0.4, 0.5) is 0 Å². The zero-order valence-corrected chi connectivity index (χ0v) is 21.7. The monoisotopic (exact) mass is 585 g/mol. The molecule has 0 aromatic heterocycles. The van der Waals surface area contributed by atoms with Crippen LogP contribution >= 0.6 is 0 Å². The first-order chi connectivity index (χ1) is 18.9. The Labute approximate surface area is 229 Å². The van der Waals surface area contributed by atoms with E-state index in [1.165, 1.54) is 0 Å². The number of hydrogen-bond donors (Lipinski definition) is 13. The van der Waals surface area contributed by atoms with Crippen LogP contribution in [0.5, 0.6) is 0 Å². The van der Waals surface area contributed by atoms with Gasteiger partial charge in [0.2, 0.25) is 5.91 Å². The van der Waals surface area contributed by atoms with Crippen LogP contribution in [0.2, 0.25) is 0 Å². The fraction of sp³-hybridized carbons (Fsp3) is 0.955. The van der Waals surface area contributed by atoms with Crippen molar-refractivity contribution in [3.8, 4) is 0 Å². The highest BCUT2D eigenvalue weighted by Crippen LogP contribution is 2.32. The van der Waals surface area contributed by atoms with Crippen LogP contribution in [0, 0.1) is 0 Å². The van der Waals surface area contributed by atoms with E-state index in [9.17, 15) is 45.6 Å². The van der Waals surface area contributed by atoms with Gasteiger partial charge < -0.3 is 88.1 Å². The third kappa shape index (κ3) is 7.06. The number of nitrogens with two attached hydrogens (primary N) is 4. The highest BCUT2D eigenvalue weighted by Gasteiger charge is 2.52. The Kier molecular flexibility index (Phi) is 11.9. The minimum Gasteiger partial charge on any atom is -0.394 e. The normalized spacial score (nSPS) is 47.0. The fourth-order valence-corrected chi connectivity index (χ4v) is 5.07. The highest BCUT2D eigenvalue weighted by molar-refractivity contribution is 5.80. The highest BCUT2D eigenvalue weighted by atomic mass is 16.7. The van der Waals surface area contributed by atoms with Crippen molar-refractivity contribution in [2.75, 3.05) is 19.7 Å². The van der Waals surface area contributed by atoms with Gasteiger partial charge in [0.05, 0.1) is 18.7 Å². The molecule has 0 spiro atoms. The Bertz CT molecular complexity index is 815. The lowest BCUT2D eigenvalue weighted by molar-refractivity contribution is -0.332. The van der Waals surface area contributed by atoms with Crippen LogP contribution in [0.25, 0.3) is 0 Å². The van der Waals surface area contributed by atoms with Crippen molar-refractivity contribution in [2.45, 2.75) is 111 Å². The number of carbonyl (C=O) groups is 1. The molecule has 0 aromatic carbocycles. The van der Waals surface area contributed by atoms with Crippen molar-refractivity contribution >= 4 is 5.91 Å². The van der Waals surface area contributed by atoms with Crippen LogP contribution in [0.15, 0.2) is 0 Å². The van der Waals surface area contributed by atoms with Crippen LogP contribution in [-0.2, 0) is 23.7 Å². The van der Waals surface area contributed by atoms with E-state index in [0.717, 1.165) is 0 Å². The summed E-state index contributed by atoms with van der Waals surface area (Å²) in [6, 6.07) is -3.45. The van der Waals surface area contributed by atoms with E-state index in [1.54, 1.807) is 0 Å². The molecule has 234 valence electrons. The first-order valence-corrected chi connectivity index (χ1v) is 13.1. The smallest absolute Gasteiger partial charge is 0.249 e. The van der Waals surface area contributed by atoms with E-state index in [2.05, 4.69) is 5.32 Å². The topological polar surface area (TPSA) is 332 Å². The summed E-state index contributed by atoms with van der Waals surface area (Å²) < 4.78 is 22.5. The summed E-state index contributed by atoms with van der Waals surface area (Å²) in [4.78, 5) is 12.6. The van der Waals surface area contributed by atoms with Gasteiger partial charge in [-0.25, -0.2) is 0 Å². The summed E-state index contributed by atoms with van der Waals surface area (Å²) in [5.74, 6) is -0.845. The number of ether oxygens (including phenoxy) is 4. The minimum atomic E-state index is -1.76. The van der Waals surface area contributed by atoms with Gasteiger partial charge in [0.25, 0.3) is 0 Å². The van der Waals surface area contributed by atoms with E-state index < -0.39 is 110 Å². The second-order valence-electron chi connectivity index (χ2n) is 10.3. The molecule has 18 nitrogen and oxygen atoms in total. The van der Waals surface area contributed by atoms with Gasteiger partial charge in [-0.3, -0.25) is 4.79 Å². The van der Waals surface area contributed by atoms with Crippen molar-refractivity contribution in [3.63, 3.8) is 0 Å². The van der Waals surface area contributed by atoms with Gasteiger partial charge in [0.1, 0.15) is 67.1 Å². The number of aliphatic hydroxyl groups is 8. The number of aliphatic hydroxyl groups excluding tert-OH is 8. The van der Waals surface area contributed by atoms with Gasteiger partial charge in [-0.2, -0.15) is 0 Å². The standard InChI is InChI=1S/C22H43N5O13/c23-2-1-8(29)20(36)27-7-3-6(25)18(39-22-16(34)15(33)13(31)9(4-24)37-22)17(35)19(7)40-21-14(32)11(26)12(30)10(5-28)38-21/h6-19,21-22,28-35H,1-5,23-26H2,(H,27,36)/t6-,7+,8-,9-,10-,11+,12+,13+,14+,15+,16+,17-,18+,19+,21+,22+/m0/s1. The molecule has 0 radical (unpaired) electrons. The molecule has 17 N–H and O–H groups in total. The quantitative estimate of drug-likeness (QED) is 0.113. The molecular weight excluding hydrogens is 542 g/mol. The lowest BCUT2D eigenvalue weighted by Crippen LogP contribution is -2.69. The van der Waals surface area contributed by atoms with Gasteiger partial charge >= 0.3 is 0 Å². The van der Waals surface area contributed by atoms with Crippen molar-refractivity contribution < 1.29 is 64.6 Å². The zero-order valence-electron chi connectivity index (χ0n) is 21.7. The maximum atomic E-state index is 12.6. The van der Waals surface area contributed by atoms with E-state index in [4.69, 9.17) is 41.9 Å². The predicted molar refractivity (Wildman–Crippen MR) is 131 cm³/mol.